The minimum atomic E-state index is -0.898. The Morgan fingerprint density at radius 1 is 0.850 bits per heavy atom. The second kappa shape index (κ2) is 5.63. The minimum Gasteiger partial charge on any atom is -0.309 e. The summed E-state index contributed by atoms with van der Waals surface area (Å²) in [5, 5.41) is 2.71. The number of aryl methyl sites for hydroxylation is 1. The lowest BCUT2D eigenvalue weighted by Crippen LogP contribution is -2.20. The standard InChI is InChI=1S/C15H13F4N/c1-8-5-13(18)11(7-12(8)17)15(20-2)10-4-3-9(16)6-14(10)19/h3-7,15,20H,1-2H3. The third-order valence-corrected chi connectivity index (χ3v) is 3.15. The molecule has 0 radical (unpaired) electrons. The molecule has 5 heteroatoms. The fourth-order valence-corrected chi connectivity index (χ4v) is 2.10. The van der Waals surface area contributed by atoms with E-state index in [4.69, 9.17) is 0 Å². The van der Waals surface area contributed by atoms with Crippen LogP contribution in [0.5, 0.6) is 0 Å². The van der Waals surface area contributed by atoms with Gasteiger partial charge in [-0.2, -0.15) is 0 Å². The molecule has 0 amide bonds. The van der Waals surface area contributed by atoms with Crippen LogP contribution in [0.3, 0.4) is 0 Å². The molecule has 0 saturated carbocycles. The van der Waals surface area contributed by atoms with Gasteiger partial charge in [0.25, 0.3) is 0 Å². The quantitative estimate of drug-likeness (QED) is 0.843. The first-order valence-electron chi connectivity index (χ1n) is 6.01. The van der Waals surface area contributed by atoms with Crippen LogP contribution in [-0.2, 0) is 0 Å². The Labute approximate surface area is 114 Å². The molecule has 0 bridgehead atoms. The summed E-state index contributed by atoms with van der Waals surface area (Å²) in [5.74, 6) is -2.77. The highest BCUT2D eigenvalue weighted by Crippen LogP contribution is 2.28. The van der Waals surface area contributed by atoms with E-state index in [1.54, 1.807) is 0 Å². The lowest BCUT2D eigenvalue weighted by Gasteiger charge is -2.19. The van der Waals surface area contributed by atoms with Crippen molar-refractivity contribution in [2.24, 2.45) is 0 Å². The first kappa shape index (κ1) is 14.5. The molecule has 0 aromatic heterocycles. The molecule has 0 spiro atoms. The summed E-state index contributed by atoms with van der Waals surface area (Å²) in [5.41, 5.74) is 0.192. The van der Waals surface area contributed by atoms with Gasteiger partial charge in [-0.25, -0.2) is 17.6 Å². The Kier molecular flexibility index (Phi) is 4.09. The average molecular weight is 283 g/mol. The third-order valence-electron chi connectivity index (χ3n) is 3.15. The van der Waals surface area contributed by atoms with E-state index in [0.717, 1.165) is 18.2 Å². The second-order valence-electron chi connectivity index (χ2n) is 4.51. The first-order valence-corrected chi connectivity index (χ1v) is 6.01. The van der Waals surface area contributed by atoms with Crippen LogP contribution in [0.2, 0.25) is 0 Å². The van der Waals surface area contributed by atoms with Crippen molar-refractivity contribution in [3.05, 3.63) is 70.3 Å². The van der Waals surface area contributed by atoms with Crippen LogP contribution in [0.15, 0.2) is 30.3 Å². The van der Waals surface area contributed by atoms with Crippen molar-refractivity contribution in [2.75, 3.05) is 7.05 Å². The summed E-state index contributed by atoms with van der Waals surface area (Å²) in [6.45, 7) is 1.44. The highest BCUT2D eigenvalue weighted by Gasteiger charge is 2.21. The molecular weight excluding hydrogens is 270 g/mol. The highest BCUT2D eigenvalue weighted by molar-refractivity contribution is 5.36. The summed E-state index contributed by atoms with van der Waals surface area (Å²) in [6, 6.07) is 4.17. The smallest absolute Gasteiger partial charge is 0.131 e. The second-order valence-corrected chi connectivity index (χ2v) is 4.51. The predicted octanol–water partition coefficient (Wildman–Crippen LogP) is 3.86. The molecule has 20 heavy (non-hydrogen) atoms. The molecule has 1 nitrogen and oxygen atoms in total. The van der Waals surface area contributed by atoms with E-state index in [1.165, 1.54) is 20.0 Å². The van der Waals surface area contributed by atoms with E-state index in [1.807, 2.05) is 0 Å². The van der Waals surface area contributed by atoms with Gasteiger partial charge in [0.15, 0.2) is 0 Å². The van der Waals surface area contributed by atoms with Crippen LogP contribution >= 0.6 is 0 Å². The van der Waals surface area contributed by atoms with E-state index >= 15 is 0 Å². The van der Waals surface area contributed by atoms with Gasteiger partial charge in [-0.05, 0) is 37.7 Å². The van der Waals surface area contributed by atoms with Crippen LogP contribution in [0, 0.1) is 30.2 Å². The number of nitrogens with one attached hydrogen (secondary N) is 1. The molecule has 0 saturated heterocycles. The summed E-state index contributed by atoms with van der Waals surface area (Å²) in [4.78, 5) is 0. The maximum atomic E-state index is 14.0. The Bertz CT molecular complexity index is 640. The van der Waals surface area contributed by atoms with Gasteiger partial charge in [0, 0.05) is 17.2 Å². The number of benzene rings is 2. The molecule has 2 rings (SSSR count). The van der Waals surface area contributed by atoms with Crippen molar-refractivity contribution >= 4 is 0 Å². The van der Waals surface area contributed by atoms with Crippen molar-refractivity contribution in [1.82, 2.24) is 5.32 Å². The van der Waals surface area contributed by atoms with Crippen LogP contribution in [-0.4, -0.2) is 7.05 Å². The van der Waals surface area contributed by atoms with E-state index in [0.29, 0.717) is 6.07 Å². The highest BCUT2D eigenvalue weighted by atomic mass is 19.1. The molecule has 2 aromatic rings. The van der Waals surface area contributed by atoms with Gasteiger partial charge in [0.1, 0.15) is 23.3 Å². The van der Waals surface area contributed by atoms with Gasteiger partial charge in [0.2, 0.25) is 0 Å². The molecule has 106 valence electrons. The lowest BCUT2D eigenvalue weighted by molar-refractivity contribution is 0.526. The van der Waals surface area contributed by atoms with Gasteiger partial charge in [-0.3, -0.25) is 0 Å². The predicted molar refractivity (Wildman–Crippen MR) is 68.4 cm³/mol. The van der Waals surface area contributed by atoms with Gasteiger partial charge in [-0.1, -0.05) is 6.07 Å². The number of hydrogen-bond donors (Lipinski definition) is 1. The lowest BCUT2D eigenvalue weighted by atomic mass is 9.96. The van der Waals surface area contributed by atoms with Crippen molar-refractivity contribution in [3.8, 4) is 0 Å². The average Bonchev–Trinajstić information content (AvgIpc) is 2.38. The van der Waals surface area contributed by atoms with E-state index in [9.17, 15) is 17.6 Å². The third kappa shape index (κ3) is 2.67. The van der Waals surface area contributed by atoms with Gasteiger partial charge < -0.3 is 5.32 Å². The Morgan fingerprint density at radius 3 is 2.10 bits per heavy atom. The van der Waals surface area contributed by atoms with Gasteiger partial charge in [0.05, 0.1) is 6.04 Å². The minimum absolute atomic E-state index is 0.0268. The molecule has 0 aliphatic heterocycles. The molecule has 0 aliphatic rings. The zero-order valence-electron chi connectivity index (χ0n) is 11.0. The van der Waals surface area contributed by atoms with Crippen molar-refractivity contribution < 1.29 is 17.6 Å². The number of halogens is 4. The first-order chi connectivity index (χ1) is 9.43. The van der Waals surface area contributed by atoms with E-state index in [2.05, 4.69) is 5.32 Å². The molecular formula is C15H13F4N. The summed E-state index contributed by atoms with van der Waals surface area (Å²) < 4.78 is 54.3. The summed E-state index contributed by atoms with van der Waals surface area (Å²) in [6.07, 6.45) is 0. The van der Waals surface area contributed by atoms with Gasteiger partial charge >= 0.3 is 0 Å². The van der Waals surface area contributed by atoms with Gasteiger partial charge in [-0.15, -0.1) is 0 Å². The topological polar surface area (TPSA) is 12.0 Å². The van der Waals surface area contributed by atoms with Crippen molar-refractivity contribution in [3.63, 3.8) is 0 Å². The summed E-state index contributed by atoms with van der Waals surface area (Å²) in [7, 11) is 1.49. The molecule has 1 atom stereocenters. The van der Waals surface area contributed by atoms with Crippen LogP contribution in [0.4, 0.5) is 17.6 Å². The van der Waals surface area contributed by atoms with Crippen molar-refractivity contribution in [2.45, 2.75) is 13.0 Å². The zero-order valence-corrected chi connectivity index (χ0v) is 11.0. The fraction of sp³-hybridized carbons (Fsp3) is 0.200. The Hall–Kier alpha value is -1.88. The zero-order chi connectivity index (χ0) is 14.9. The fourth-order valence-electron chi connectivity index (χ4n) is 2.10. The maximum Gasteiger partial charge on any atom is 0.131 e. The molecule has 1 unspecified atom stereocenters. The summed E-state index contributed by atoms with van der Waals surface area (Å²) >= 11 is 0. The molecule has 1 N–H and O–H groups in total. The Morgan fingerprint density at radius 2 is 1.50 bits per heavy atom. The SMILES string of the molecule is CNC(c1ccc(F)cc1F)c1cc(F)c(C)cc1F. The van der Waals surface area contributed by atoms with Crippen LogP contribution in [0.25, 0.3) is 0 Å². The molecule has 0 fully saturated rings. The number of rotatable bonds is 3. The molecule has 0 heterocycles. The Balaban J connectivity index is 2.55. The molecule has 0 aliphatic carbocycles. The largest absolute Gasteiger partial charge is 0.309 e. The maximum absolute atomic E-state index is 14.0. The van der Waals surface area contributed by atoms with E-state index < -0.39 is 29.3 Å². The normalized spacial score (nSPS) is 12.5. The number of hydrogen-bond acceptors (Lipinski definition) is 1. The van der Waals surface area contributed by atoms with Crippen LogP contribution in [0.1, 0.15) is 22.7 Å². The molecule has 2 aromatic carbocycles. The van der Waals surface area contributed by atoms with Crippen molar-refractivity contribution in [1.29, 1.82) is 0 Å². The van der Waals surface area contributed by atoms with Crippen LogP contribution < -0.4 is 5.32 Å². The van der Waals surface area contributed by atoms with E-state index in [-0.39, 0.29) is 16.7 Å². The monoisotopic (exact) mass is 283 g/mol.